The third-order valence-corrected chi connectivity index (χ3v) is 3.71. The van der Waals surface area contributed by atoms with Crippen LogP contribution in [0, 0.1) is 11.7 Å². The molecule has 0 heterocycles. The van der Waals surface area contributed by atoms with Crippen molar-refractivity contribution in [3.05, 3.63) is 27.4 Å². The Bertz CT molecular complexity index is 358. The minimum Gasteiger partial charge on any atom is -0.492 e. The van der Waals surface area contributed by atoms with Crippen LogP contribution in [0.15, 0.2) is 16.6 Å². The molecule has 0 radical (unpaired) electrons. The molecule has 0 spiro atoms. The van der Waals surface area contributed by atoms with Gasteiger partial charge in [-0.15, -0.1) is 0 Å². The zero-order valence-corrected chi connectivity index (χ0v) is 12.1. The van der Waals surface area contributed by atoms with Gasteiger partial charge in [-0.05, 0) is 34.2 Å². The maximum atomic E-state index is 13.2. The van der Waals surface area contributed by atoms with E-state index < -0.39 is 5.82 Å². The van der Waals surface area contributed by atoms with E-state index in [2.05, 4.69) is 35.5 Å². The molecule has 0 fully saturated rings. The lowest BCUT2D eigenvalue weighted by molar-refractivity contribution is 0.257. The van der Waals surface area contributed by atoms with Gasteiger partial charge in [0.2, 0.25) is 0 Å². The number of hydrogen-bond donors (Lipinski definition) is 1. The highest BCUT2D eigenvalue weighted by molar-refractivity contribution is 9.10. The van der Waals surface area contributed by atoms with Crippen LogP contribution in [0.1, 0.15) is 13.3 Å². The van der Waals surface area contributed by atoms with Crippen LogP contribution in [-0.4, -0.2) is 12.4 Å². The predicted octanol–water partition coefficient (Wildman–Crippen LogP) is 4.58. The zero-order chi connectivity index (χ0) is 12.1. The molecule has 1 aromatic carbocycles. The summed E-state index contributed by atoms with van der Waals surface area (Å²) in [4.78, 5) is 0. The molecule has 16 heavy (non-hydrogen) atoms. The van der Waals surface area contributed by atoms with Gasteiger partial charge in [-0.25, -0.2) is 4.39 Å². The lowest BCUT2D eigenvalue weighted by atomic mass is 10.1. The molecule has 1 unspecified atom stereocenters. The first kappa shape index (κ1) is 14.1. The molecule has 0 amide bonds. The third kappa shape index (κ3) is 3.82. The van der Waals surface area contributed by atoms with Crippen LogP contribution in [-0.2, 0) is 0 Å². The Labute approximate surface area is 114 Å². The van der Waals surface area contributed by atoms with Crippen molar-refractivity contribution in [2.24, 2.45) is 5.92 Å². The first-order valence-corrected chi connectivity index (χ1v) is 6.77. The largest absolute Gasteiger partial charge is 0.492 e. The van der Waals surface area contributed by atoms with E-state index in [1.54, 1.807) is 0 Å². The third-order valence-electron chi connectivity index (χ3n) is 2.28. The maximum Gasteiger partial charge on any atom is 0.145 e. The summed E-state index contributed by atoms with van der Waals surface area (Å²) in [7, 11) is 0. The van der Waals surface area contributed by atoms with Gasteiger partial charge in [0.05, 0.1) is 16.1 Å². The molecule has 5 heteroatoms. The van der Waals surface area contributed by atoms with Gasteiger partial charge in [0.1, 0.15) is 11.6 Å². The lowest BCUT2D eigenvalue weighted by Gasteiger charge is -2.14. The second-order valence-electron chi connectivity index (χ2n) is 3.46. The van der Waals surface area contributed by atoms with Crippen LogP contribution in [0.4, 0.5) is 4.39 Å². The molecular formula is C11H13BrClFOS. The van der Waals surface area contributed by atoms with Crippen molar-refractivity contribution in [2.45, 2.75) is 13.3 Å². The second-order valence-corrected chi connectivity index (χ2v) is 5.09. The first-order valence-electron chi connectivity index (χ1n) is 4.96. The fraction of sp³-hybridized carbons (Fsp3) is 0.455. The predicted molar refractivity (Wildman–Crippen MR) is 72.2 cm³/mol. The van der Waals surface area contributed by atoms with Crippen molar-refractivity contribution in [1.29, 1.82) is 0 Å². The molecule has 0 saturated heterocycles. The summed E-state index contributed by atoms with van der Waals surface area (Å²) in [6.45, 7) is 2.60. The number of halogens is 3. The van der Waals surface area contributed by atoms with Crippen molar-refractivity contribution in [3.63, 3.8) is 0 Å². The van der Waals surface area contributed by atoms with Crippen molar-refractivity contribution in [1.82, 2.24) is 0 Å². The van der Waals surface area contributed by atoms with Crippen LogP contribution < -0.4 is 4.74 Å². The van der Waals surface area contributed by atoms with Crippen molar-refractivity contribution in [2.75, 3.05) is 12.4 Å². The first-order chi connectivity index (χ1) is 7.58. The van der Waals surface area contributed by atoms with Gasteiger partial charge < -0.3 is 4.74 Å². The molecule has 0 aliphatic carbocycles. The SMILES string of the molecule is CCC(CS)COc1cc(F)c(Cl)cc1Br. The quantitative estimate of drug-likeness (QED) is 0.615. The molecule has 90 valence electrons. The van der Waals surface area contributed by atoms with Gasteiger partial charge in [-0.2, -0.15) is 12.6 Å². The van der Waals surface area contributed by atoms with Gasteiger partial charge in [-0.3, -0.25) is 0 Å². The second kappa shape index (κ2) is 6.72. The summed E-state index contributed by atoms with van der Waals surface area (Å²) in [5.74, 6) is 1.12. The van der Waals surface area contributed by atoms with Crippen molar-refractivity contribution in [3.8, 4) is 5.75 Å². The summed E-state index contributed by atoms with van der Waals surface area (Å²) < 4.78 is 19.4. The lowest BCUT2D eigenvalue weighted by Crippen LogP contribution is -2.12. The Balaban J connectivity index is 2.70. The van der Waals surface area contributed by atoms with E-state index >= 15 is 0 Å². The molecule has 0 aliphatic heterocycles. The van der Waals surface area contributed by atoms with E-state index in [4.69, 9.17) is 16.3 Å². The Morgan fingerprint density at radius 1 is 1.56 bits per heavy atom. The maximum absolute atomic E-state index is 13.2. The Kier molecular flexibility index (Phi) is 5.94. The Morgan fingerprint density at radius 2 is 2.25 bits per heavy atom. The fourth-order valence-electron chi connectivity index (χ4n) is 1.12. The standard InChI is InChI=1S/C11H13BrClFOS/c1-2-7(6-16)5-15-11-4-10(14)9(13)3-8(11)12/h3-4,7,16H,2,5-6H2,1H3. The van der Waals surface area contributed by atoms with Crippen LogP contribution in [0.25, 0.3) is 0 Å². The van der Waals surface area contributed by atoms with E-state index in [9.17, 15) is 4.39 Å². The Morgan fingerprint density at radius 3 is 2.81 bits per heavy atom. The van der Waals surface area contributed by atoms with Crippen LogP contribution in [0.5, 0.6) is 5.75 Å². The average molecular weight is 328 g/mol. The van der Waals surface area contributed by atoms with E-state index in [1.807, 2.05) is 0 Å². The molecule has 0 aromatic heterocycles. The molecule has 0 bridgehead atoms. The van der Waals surface area contributed by atoms with Gasteiger partial charge >= 0.3 is 0 Å². The topological polar surface area (TPSA) is 9.23 Å². The molecule has 0 N–H and O–H groups in total. The monoisotopic (exact) mass is 326 g/mol. The highest BCUT2D eigenvalue weighted by Gasteiger charge is 2.10. The molecule has 1 aromatic rings. The van der Waals surface area contributed by atoms with Gasteiger partial charge in [0.25, 0.3) is 0 Å². The van der Waals surface area contributed by atoms with Crippen LogP contribution in [0.2, 0.25) is 5.02 Å². The smallest absolute Gasteiger partial charge is 0.145 e. The number of hydrogen-bond acceptors (Lipinski definition) is 2. The minimum absolute atomic E-state index is 0.0838. The fourth-order valence-corrected chi connectivity index (χ4v) is 2.24. The van der Waals surface area contributed by atoms with Gasteiger partial charge in [0.15, 0.2) is 0 Å². The number of rotatable bonds is 5. The molecule has 0 saturated carbocycles. The molecular weight excluding hydrogens is 315 g/mol. The molecule has 1 nitrogen and oxygen atoms in total. The summed E-state index contributed by atoms with van der Waals surface area (Å²) in [6.07, 6.45) is 0.983. The van der Waals surface area contributed by atoms with E-state index in [1.165, 1.54) is 12.1 Å². The van der Waals surface area contributed by atoms with Gasteiger partial charge in [-0.1, -0.05) is 18.5 Å². The molecule has 0 aliphatic rings. The highest BCUT2D eigenvalue weighted by atomic mass is 79.9. The summed E-state index contributed by atoms with van der Waals surface area (Å²) >= 11 is 13.1. The summed E-state index contributed by atoms with van der Waals surface area (Å²) in [6, 6.07) is 2.78. The number of ether oxygens (including phenoxy) is 1. The number of thiol groups is 1. The summed E-state index contributed by atoms with van der Waals surface area (Å²) in [5.41, 5.74) is 0. The van der Waals surface area contributed by atoms with Crippen molar-refractivity contribution >= 4 is 40.2 Å². The van der Waals surface area contributed by atoms with Crippen LogP contribution in [0.3, 0.4) is 0 Å². The normalized spacial score (nSPS) is 12.6. The van der Waals surface area contributed by atoms with E-state index in [0.717, 1.165) is 12.2 Å². The summed E-state index contributed by atoms with van der Waals surface area (Å²) in [5, 5.41) is 0.0838. The van der Waals surface area contributed by atoms with E-state index in [-0.39, 0.29) is 5.02 Å². The van der Waals surface area contributed by atoms with Gasteiger partial charge in [0, 0.05) is 12.0 Å². The number of benzene rings is 1. The average Bonchev–Trinajstić information content (AvgIpc) is 2.26. The van der Waals surface area contributed by atoms with E-state index in [0.29, 0.717) is 22.7 Å². The highest BCUT2D eigenvalue weighted by Crippen LogP contribution is 2.30. The Hall–Kier alpha value is 0.0700. The van der Waals surface area contributed by atoms with Crippen LogP contribution >= 0.6 is 40.2 Å². The van der Waals surface area contributed by atoms with Crippen molar-refractivity contribution < 1.29 is 9.13 Å². The molecule has 1 rings (SSSR count). The zero-order valence-electron chi connectivity index (χ0n) is 8.84. The minimum atomic E-state index is -0.473. The molecule has 1 atom stereocenters.